The number of rotatable bonds is 8. The van der Waals surface area contributed by atoms with Crippen LogP contribution in [0.15, 0.2) is 42.5 Å². The van der Waals surface area contributed by atoms with E-state index in [0.717, 1.165) is 11.3 Å². The number of carbonyl (C=O) groups excluding carboxylic acids is 1. The van der Waals surface area contributed by atoms with Crippen LogP contribution in [0.4, 0.5) is 0 Å². The Balaban J connectivity index is 1.87. The second kappa shape index (κ2) is 9.18. The first-order valence-electron chi connectivity index (χ1n) is 7.85. The molecule has 0 bridgehead atoms. The molecule has 0 saturated heterocycles. The van der Waals surface area contributed by atoms with Gasteiger partial charge in [0.1, 0.15) is 5.75 Å². The molecule has 0 radical (unpaired) electrons. The Labute approximate surface area is 146 Å². The summed E-state index contributed by atoms with van der Waals surface area (Å²) in [5.41, 5.74) is 1.43. The van der Waals surface area contributed by atoms with Crippen LogP contribution in [0.5, 0.6) is 17.2 Å². The van der Waals surface area contributed by atoms with Gasteiger partial charge in [-0.05, 0) is 36.8 Å². The molecule has 130 valence electrons. The van der Waals surface area contributed by atoms with E-state index >= 15 is 0 Å². The molecule has 2 rings (SSSR count). The van der Waals surface area contributed by atoms with E-state index in [1.54, 1.807) is 25.3 Å². The van der Waals surface area contributed by atoms with Crippen molar-refractivity contribution in [1.29, 1.82) is 5.26 Å². The second-order valence-corrected chi connectivity index (χ2v) is 5.12. The fraction of sp³-hybridized carbons (Fsp3) is 0.263. The van der Waals surface area contributed by atoms with Gasteiger partial charge in [0.25, 0.3) is 5.91 Å². The highest BCUT2D eigenvalue weighted by atomic mass is 16.5. The maximum Gasteiger partial charge on any atom is 0.258 e. The third-order valence-corrected chi connectivity index (χ3v) is 3.38. The molecule has 0 fully saturated rings. The van der Waals surface area contributed by atoms with Crippen molar-refractivity contribution >= 4 is 5.91 Å². The highest BCUT2D eigenvalue weighted by molar-refractivity contribution is 5.77. The zero-order valence-electron chi connectivity index (χ0n) is 14.2. The van der Waals surface area contributed by atoms with Gasteiger partial charge in [-0.1, -0.05) is 12.1 Å². The van der Waals surface area contributed by atoms with Crippen LogP contribution >= 0.6 is 0 Å². The Hall–Kier alpha value is -3.20. The van der Waals surface area contributed by atoms with E-state index in [0.29, 0.717) is 30.2 Å². The molecular formula is C19H20N2O4. The molecule has 0 atom stereocenters. The SMILES string of the molecule is CCOc1cc(C#N)ccc1OCC(=O)NCc1ccc(OC)cc1. The Morgan fingerprint density at radius 3 is 2.52 bits per heavy atom. The van der Waals surface area contributed by atoms with Crippen molar-refractivity contribution < 1.29 is 19.0 Å². The van der Waals surface area contributed by atoms with Crippen molar-refractivity contribution in [1.82, 2.24) is 5.32 Å². The highest BCUT2D eigenvalue weighted by Crippen LogP contribution is 2.28. The van der Waals surface area contributed by atoms with E-state index in [1.807, 2.05) is 37.3 Å². The summed E-state index contributed by atoms with van der Waals surface area (Å²) in [6.07, 6.45) is 0. The predicted molar refractivity (Wildman–Crippen MR) is 92.7 cm³/mol. The molecule has 25 heavy (non-hydrogen) atoms. The zero-order chi connectivity index (χ0) is 18.1. The Morgan fingerprint density at radius 1 is 1.12 bits per heavy atom. The van der Waals surface area contributed by atoms with Crippen LogP contribution in [0.1, 0.15) is 18.1 Å². The van der Waals surface area contributed by atoms with E-state index in [9.17, 15) is 4.79 Å². The molecule has 6 heteroatoms. The lowest BCUT2D eigenvalue weighted by atomic mass is 10.2. The third kappa shape index (κ3) is 5.43. The van der Waals surface area contributed by atoms with Gasteiger partial charge in [0.15, 0.2) is 18.1 Å². The molecule has 0 aliphatic heterocycles. The molecule has 1 amide bonds. The largest absolute Gasteiger partial charge is 0.497 e. The summed E-state index contributed by atoms with van der Waals surface area (Å²) in [5, 5.41) is 11.7. The van der Waals surface area contributed by atoms with E-state index in [1.165, 1.54) is 0 Å². The van der Waals surface area contributed by atoms with Crippen molar-refractivity contribution in [3.05, 3.63) is 53.6 Å². The molecule has 0 spiro atoms. The van der Waals surface area contributed by atoms with Gasteiger partial charge >= 0.3 is 0 Å². The van der Waals surface area contributed by atoms with Gasteiger partial charge in [0, 0.05) is 12.6 Å². The molecule has 1 N–H and O–H groups in total. The minimum absolute atomic E-state index is 0.137. The number of hydrogen-bond donors (Lipinski definition) is 1. The van der Waals surface area contributed by atoms with Crippen molar-refractivity contribution in [3.63, 3.8) is 0 Å². The molecule has 2 aromatic rings. The topological polar surface area (TPSA) is 80.6 Å². The van der Waals surface area contributed by atoms with Gasteiger partial charge < -0.3 is 19.5 Å². The Bertz CT molecular complexity index is 751. The second-order valence-electron chi connectivity index (χ2n) is 5.12. The van der Waals surface area contributed by atoms with Crippen LogP contribution in [-0.2, 0) is 11.3 Å². The summed E-state index contributed by atoms with van der Waals surface area (Å²) >= 11 is 0. The van der Waals surface area contributed by atoms with E-state index in [-0.39, 0.29) is 12.5 Å². The average Bonchev–Trinajstić information content (AvgIpc) is 2.65. The summed E-state index contributed by atoms with van der Waals surface area (Å²) < 4.78 is 16.0. The molecule has 0 aliphatic carbocycles. The molecule has 6 nitrogen and oxygen atoms in total. The van der Waals surface area contributed by atoms with Crippen LogP contribution in [0.3, 0.4) is 0 Å². The van der Waals surface area contributed by atoms with Gasteiger partial charge in [-0.3, -0.25) is 4.79 Å². The monoisotopic (exact) mass is 340 g/mol. The van der Waals surface area contributed by atoms with Gasteiger partial charge in [-0.2, -0.15) is 5.26 Å². The normalized spacial score (nSPS) is 9.80. The van der Waals surface area contributed by atoms with Crippen LogP contribution in [-0.4, -0.2) is 26.2 Å². The standard InChI is InChI=1S/C19H20N2O4/c1-3-24-18-10-15(11-20)6-9-17(18)25-13-19(22)21-12-14-4-7-16(23-2)8-5-14/h4-10H,3,12-13H2,1-2H3,(H,21,22). The summed E-state index contributed by atoms with van der Waals surface area (Å²) in [4.78, 5) is 12.0. The zero-order valence-corrected chi connectivity index (χ0v) is 14.2. The van der Waals surface area contributed by atoms with Crippen LogP contribution < -0.4 is 19.5 Å². The third-order valence-electron chi connectivity index (χ3n) is 3.38. The molecule has 0 aliphatic rings. The van der Waals surface area contributed by atoms with Gasteiger partial charge in [-0.25, -0.2) is 0 Å². The van der Waals surface area contributed by atoms with E-state index in [4.69, 9.17) is 19.5 Å². The molecule has 2 aromatic carbocycles. The van der Waals surface area contributed by atoms with Gasteiger partial charge in [0.05, 0.1) is 25.3 Å². The molecule has 0 aromatic heterocycles. The predicted octanol–water partition coefficient (Wildman–Crippen LogP) is 2.66. The maximum atomic E-state index is 12.0. The van der Waals surface area contributed by atoms with Gasteiger partial charge in [0.2, 0.25) is 0 Å². The van der Waals surface area contributed by atoms with Crippen LogP contribution in [0.25, 0.3) is 0 Å². The van der Waals surface area contributed by atoms with Crippen LogP contribution in [0, 0.1) is 11.3 Å². The van der Waals surface area contributed by atoms with Crippen molar-refractivity contribution in [3.8, 4) is 23.3 Å². The van der Waals surface area contributed by atoms with Crippen molar-refractivity contribution in [2.75, 3.05) is 20.3 Å². The minimum Gasteiger partial charge on any atom is -0.497 e. The maximum absolute atomic E-state index is 12.0. The smallest absolute Gasteiger partial charge is 0.258 e. The number of benzene rings is 2. The van der Waals surface area contributed by atoms with E-state index in [2.05, 4.69) is 5.32 Å². The van der Waals surface area contributed by atoms with Crippen molar-refractivity contribution in [2.45, 2.75) is 13.5 Å². The quantitative estimate of drug-likeness (QED) is 0.799. The van der Waals surface area contributed by atoms with E-state index < -0.39 is 0 Å². The Morgan fingerprint density at radius 2 is 1.88 bits per heavy atom. The number of nitrogens with one attached hydrogen (secondary N) is 1. The first-order valence-corrected chi connectivity index (χ1v) is 7.85. The number of nitriles is 1. The summed E-state index contributed by atoms with van der Waals surface area (Å²) in [6.45, 7) is 2.54. The minimum atomic E-state index is -0.248. The van der Waals surface area contributed by atoms with Crippen molar-refractivity contribution in [2.24, 2.45) is 0 Å². The molecular weight excluding hydrogens is 320 g/mol. The first kappa shape index (κ1) is 18.1. The molecule has 0 heterocycles. The average molecular weight is 340 g/mol. The summed E-state index contributed by atoms with van der Waals surface area (Å²) in [6, 6.07) is 14.3. The fourth-order valence-corrected chi connectivity index (χ4v) is 2.10. The molecule has 0 saturated carbocycles. The summed E-state index contributed by atoms with van der Waals surface area (Å²) in [7, 11) is 1.60. The number of hydrogen-bond acceptors (Lipinski definition) is 5. The highest BCUT2D eigenvalue weighted by Gasteiger charge is 2.09. The van der Waals surface area contributed by atoms with Gasteiger partial charge in [-0.15, -0.1) is 0 Å². The lowest BCUT2D eigenvalue weighted by Gasteiger charge is -2.12. The Kier molecular flexibility index (Phi) is 6.66. The number of carbonyl (C=O) groups is 1. The lowest BCUT2D eigenvalue weighted by molar-refractivity contribution is -0.123. The lowest BCUT2D eigenvalue weighted by Crippen LogP contribution is -2.28. The number of nitrogens with zero attached hydrogens (tertiary/aromatic N) is 1. The van der Waals surface area contributed by atoms with Crippen LogP contribution in [0.2, 0.25) is 0 Å². The number of ether oxygens (including phenoxy) is 3. The fourth-order valence-electron chi connectivity index (χ4n) is 2.10. The first-order chi connectivity index (χ1) is 12.2. The number of methoxy groups -OCH3 is 1. The molecule has 0 unspecified atom stereocenters. The summed E-state index contributed by atoms with van der Waals surface area (Å²) in [5.74, 6) is 1.40. The number of amides is 1.